The lowest BCUT2D eigenvalue weighted by Gasteiger charge is -2.13. The van der Waals surface area contributed by atoms with Crippen LogP contribution in [0.25, 0.3) is 5.69 Å². The maximum Gasteiger partial charge on any atom is 0.350 e. The van der Waals surface area contributed by atoms with Gasteiger partial charge in [-0.3, -0.25) is 4.57 Å². The zero-order valence-corrected chi connectivity index (χ0v) is 17.8. The molecule has 5 rings (SSSR count). The van der Waals surface area contributed by atoms with Gasteiger partial charge in [0.05, 0.1) is 12.2 Å². The molecule has 4 aromatic rings. The Labute approximate surface area is 188 Å². The van der Waals surface area contributed by atoms with Gasteiger partial charge < -0.3 is 10.1 Å². The van der Waals surface area contributed by atoms with E-state index in [1.165, 1.54) is 12.4 Å². The van der Waals surface area contributed by atoms with Crippen LogP contribution in [0, 0.1) is 11.6 Å². The van der Waals surface area contributed by atoms with E-state index in [1.807, 2.05) is 6.07 Å². The predicted molar refractivity (Wildman–Crippen MR) is 119 cm³/mol. The van der Waals surface area contributed by atoms with E-state index in [0.29, 0.717) is 17.2 Å². The first kappa shape index (κ1) is 20.9. The van der Waals surface area contributed by atoms with E-state index in [9.17, 15) is 13.6 Å². The summed E-state index contributed by atoms with van der Waals surface area (Å²) in [5, 5.41) is 7.47. The molecular formula is C24H21F2N5O2. The monoisotopic (exact) mass is 449 g/mol. The fourth-order valence-electron chi connectivity index (χ4n) is 3.43. The van der Waals surface area contributed by atoms with E-state index < -0.39 is 17.3 Å². The number of nitrogens with one attached hydrogen (secondary N) is 1. The third kappa shape index (κ3) is 4.48. The highest BCUT2D eigenvalue weighted by molar-refractivity contribution is 5.46. The molecule has 1 saturated carbocycles. The fraction of sp³-hybridized carbons (Fsp3) is 0.208. The number of nitrogens with zero attached hydrogens (tertiary/aromatic N) is 4. The number of pyridine rings is 1. The van der Waals surface area contributed by atoms with Crippen molar-refractivity contribution in [1.82, 2.24) is 19.3 Å². The average molecular weight is 449 g/mol. The number of ether oxygens (including phenoxy) is 1. The highest BCUT2D eigenvalue weighted by Gasteiger charge is 2.37. The summed E-state index contributed by atoms with van der Waals surface area (Å²) in [4.78, 5) is 17.0. The lowest BCUT2D eigenvalue weighted by Crippen LogP contribution is -2.24. The first-order chi connectivity index (χ1) is 15.9. The molecule has 33 heavy (non-hydrogen) atoms. The van der Waals surface area contributed by atoms with Crippen molar-refractivity contribution in [3.8, 4) is 17.2 Å². The SMILES string of the molecule is CC1(Nc2cc(Oc3ccc(-n4ncn(Cc5c(F)cccc5F)c4=O)cc3)ccn2)CC1. The summed E-state index contributed by atoms with van der Waals surface area (Å²) in [6.07, 6.45) is 5.17. The third-order valence-electron chi connectivity index (χ3n) is 5.60. The Bertz CT molecular complexity index is 1340. The van der Waals surface area contributed by atoms with Crippen LogP contribution in [0.15, 0.2) is 71.9 Å². The Morgan fingerprint density at radius 2 is 1.79 bits per heavy atom. The van der Waals surface area contributed by atoms with Crippen molar-refractivity contribution in [3.05, 3.63) is 94.8 Å². The van der Waals surface area contributed by atoms with Gasteiger partial charge in [0.15, 0.2) is 0 Å². The largest absolute Gasteiger partial charge is 0.457 e. The minimum absolute atomic E-state index is 0.113. The first-order valence-electron chi connectivity index (χ1n) is 10.5. The van der Waals surface area contributed by atoms with Crippen LogP contribution >= 0.6 is 0 Å². The summed E-state index contributed by atoms with van der Waals surface area (Å²) in [6.45, 7) is 1.90. The van der Waals surface area contributed by atoms with Crippen molar-refractivity contribution >= 4 is 5.82 Å². The average Bonchev–Trinajstić information content (AvgIpc) is 3.41. The van der Waals surface area contributed by atoms with E-state index in [0.717, 1.165) is 40.0 Å². The van der Waals surface area contributed by atoms with Crippen molar-refractivity contribution in [2.24, 2.45) is 0 Å². The smallest absolute Gasteiger partial charge is 0.350 e. The van der Waals surface area contributed by atoms with Gasteiger partial charge in [0.1, 0.15) is 35.3 Å². The number of aromatic nitrogens is 4. The molecule has 0 saturated heterocycles. The molecular weight excluding hydrogens is 428 g/mol. The van der Waals surface area contributed by atoms with E-state index in [4.69, 9.17) is 4.74 Å². The lowest BCUT2D eigenvalue weighted by atomic mass is 10.2. The topological polar surface area (TPSA) is 74.0 Å². The second-order valence-corrected chi connectivity index (χ2v) is 8.31. The van der Waals surface area contributed by atoms with E-state index in [1.54, 1.807) is 36.5 Å². The number of rotatable bonds is 7. The van der Waals surface area contributed by atoms with E-state index in [-0.39, 0.29) is 17.6 Å². The summed E-state index contributed by atoms with van der Waals surface area (Å²) in [5.41, 5.74) is -0.0875. The summed E-state index contributed by atoms with van der Waals surface area (Å²) in [7, 11) is 0. The molecule has 2 aromatic carbocycles. The van der Waals surface area contributed by atoms with E-state index in [2.05, 4.69) is 22.3 Å². The van der Waals surface area contributed by atoms with Gasteiger partial charge in [-0.25, -0.2) is 18.6 Å². The minimum atomic E-state index is -0.711. The Hall–Kier alpha value is -4.01. The molecule has 0 aliphatic heterocycles. The van der Waals surface area contributed by atoms with Gasteiger partial charge >= 0.3 is 5.69 Å². The van der Waals surface area contributed by atoms with Crippen LogP contribution in [0.4, 0.5) is 14.6 Å². The van der Waals surface area contributed by atoms with Gasteiger partial charge in [0, 0.05) is 23.4 Å². The van der Waals surface area contributed by atoms with Crippen LogP contribution in [-0.2, 0) is 6.54 Å². The molecule has 1 aliphatic rings. The van der Waals surface area contributed by atoms with Gasteiger partial charge in [-0.2, -0.15) is 9.78 Å². The molecule has 2 aromatic heterocycles. The number of hydrogen-bond acceptors (Lipinski definition) is 5. The maximum atomic E-state index is 13.9. The predicted octanol–water partition coefficient (Wildman–Crippen LogP) is 4.51. The van der Waals surface area contributed by atoms with Crippen LogP contribution in [0.5, 0.6) is 11.5 Å². The molecule has 2 heterocycles. The zero-order chi connectivity index (χ0) is 23.0. The van der Waals surface area contributed by atoms with E-state index >= 15 is 0 Å². The lowest BCUT2D eigenvalue weighted by molar-refractivity contribution is 0.482. The summed E-state index contributed by atoms with van der Waals surface area (Å²) in [6, 6.07) is 14.0. The van der Waals surface area contributed by atoms with Crippen molar-refractivity contribution < 1.29 is 13.5 Å². The van der Waals surface area contributed by atoms with Gasteiger partial charge in [-0.1, -0.05) is 6.07 Å². The number of anilines is 1. The molecule has 168 valence electrons. The number of hydrogen-bond donors (Lipinski definition) is 1. The van der Waals surface area contributed by atoms with Crippen LogP contribution in [0.2, 0.25) is 0 Å². The van der Waals surface area contributed by atoms with Crippen LogP contribution in [-0.4, -0.2) is 24.9 Å². The molecule has 0 radical (unpaired) electrons. The third-order valence-corrected chi connectivity index (χ3v) is 5.60. The summed E-state index contributed by atoms with van der Waals surface area (Å²) < 4.78 is 36.1. The quantitative estimate of drug-likeness (QED) is 0.449. The molecule has 0 spiro atoms. The van der Waals surface area contributed by atoms with Crippen molar-refractivity contribution in [1.29, 1.82) is 0 Å². The molecule has 1 aliphatic carbocycles. The first-order valence-corrected chi connectivity index (χ1v) is 10.5. The zero-order valence-electron chi connectivity index (χ0n) is 17.8. The van der Waals surface area contributed by atoms with Gasteiger partial charge in [-0.15, -0.1) is 0 Å². The molecule has 1 N–H and O–H groups in total. The van der Waals surface area contributed by atoms with Gasteiger partial charge in [0.2, 0.25) is 0 Å². The molecule has 1 fully saturated rings. The second-order valence-electron chi connectivity index (χ2n) is 8.31. The number of halogens is 2. The van der Waals surface area contributed by atoms with Crippen LogP contribution < -0.4 is 15.7 Å². The van der Waals surface area contributed by atoms with Crippen molar-refractivity contribution in [2.45, 2.75) is 31.8 Å². The fourth-order valence-corrected chi connectivity index (χ4v) is 3.43. The minimum Gasteiger partial charge on any atom is -0.457 e. The maximum absolute atomic E-state index is 13.9. The van der Waals surface area contributed by atoms with Crippen molar-refractivity contribution in [2.75, 3.05) is 5.32 Å². The highest BCUT2D eigenvalue weighted by atomic mass is 19.1. The molecule has 7 nitrogen and oxygen atoms in total. The molecule has 0 unspecified atom stereocenters. The Balaban J connectivity index is 1.31. The molecule has 9 heteroatoms. The molecule has 0 bridgehead atoms. The Morgan fingerprint density at radius 3 is 2.48 bits per heavy atom. The van der Waals surface area contributed by atoms with Gasteiger partial charge in [-0.05, 0) is 62.2 Å². The summed E-state index contributed by atoms with van der Waals surface area (Å²) >= 11 is 0. The molecule has 0 atom stereocenters. The standard InChI is InChI=1S/C24H21F2N5O2/c1-24(10-11-24)29-22-13-18(9-12-27-22)33-17-7-5-16(6-8-17)31-23(32)30(15-28-31)14-19-20(25)3-2-4-21(19)26/h2-9,12-13,15H,10-11,14H2,1H3,(H,27,29). The number of benzene rings is 2. The summed E-state index contributed by atoms with van der Waals surface area (Å²) in [5.74, 6) is 0.550. The Kier molecular flexibility index (Phi) is 5.16. The second kappa shape index (κ2) is 8.16. The Morgan fingerprint density at radius 1 is 1.06 bits per heavy atom. The van der Waals surface area contributed by atoms with Crippen LogP contribution in [0.1, 0.15) is 25.3 Å². The molecule has 0 amide bonds. The normalized spacial score (nSPS) is 14.2. The van der Waals surface area contributed by atoms with Crippen molar-refractivity contribution in [3.63, 3.8) is 0 Å². The van der Waals surface area contributed by atoms with Crippen LogP contribution in [0.3, 0.4) is 0 Å². The highest BCUT2D eigenvalue weighted by Crippen LogP contribution is 2.38. The van der Waals surface area contributed by atoms with Gasteiger partial charge in [0.25, 0.3) is 0 Å².